The molecular formula is C30H34IN3O5S. The van der Waals surface area contributed by atoms with E-state index in [1.54, 1.807) is 68.6 Å². The topological polar surface area (TPSA) is 96.0 Å². The Morgan fingerprint density at radius 2 is 1.68 bits per heavy atom. The Labute approximate surface area is 249 Å². The van der Waals surface area contributed by atoms with Gasteiger partial charge in [0.1, 0.15) is 18.3 Å². The minimum Gasteiger partial charge on any atom is -0.497 e. The second-order valence-corrected chi connectivity index (χ2v) is 12.9. The van der Waals surface area contributed by atoms with E-state index < -0.39 is 28.5 Å². The van der Waals surface area contributed by atoms with Crippen LogP contribution in [0.3, 0.4) is 0 Å². The lowest BCUT2D eigenvalue weighted by Crippen LogP contribution is -2.52. The Balaban J connectivity index is 1.68. The molecule has 0 saturated heterocycles. The monoisotopic (exact) mass is 675 g/mol. The molecule has 10 heteroatoms. The highest BCUT2D eigenvalue weighted by Gasteiger charge is 2.33. The molecule has 1 atom stereocenters. The van der Waals surface area contributed by atoms with Crippen LogP contribution in [0.15, 0.2) is 83.8 Å². The Morgan fingerprint density at radius 3 is 2.33 bits per heavy atom. The summed E-state index contributed by atoms with van der Waals surface area (Å²) in [6.45, 7) is 1.33. The average molecular weight is 676 g/mol. The van der Waals surface area contributed by atoms with Gasteiger partial charge in [0.15, 0.2) is 0 Å². The number of carbonyl (C=O) groups is 2. The molecule has 3 aromatic rings. The van der Waals surface area contributed by atoms with Crippen molar-refractivity contribution in [2.24, 2.45) is 0 Å². The number of methoxy groups -OCH3 is 1. The fraction of sp³-hybridized carbons (Fsp3) is 0.333. The first-order valence-corrected chi connectivity index (χ1v) is 15.8. The number of rotatable bonds is 11. The molecule has 2 amide bonds. The van der Waals surface area contributed by atoms with Crippen molar-refractivity contribution in [3.05, 3.63) is 88.0 Å². The number of carbonyl (C=O) groups excluding carboxylic acids is 2. The highest BCUT2D eigenvalue weighted by atomic mass is 127. The predicted molar refractivity (Wildman–Crippen MR) is 164 cm³/mol. The zero-order chi connectivity index (χ0) is 28.7. The number of halogens is 1. The normalized spacial score (nSPS) is 14.4. The summed E-state index contributed by atoms with van der Waals surface area (Å²) in [7, 11) is -2.52. The summed E-state index contributed by atoms with van der Waals surface area (Å²) in [5.74, 6) is -0.120. The SMILES string of the molecule is COc1cccc(CN(C(=O)CN(c2ccc(I)cc2)S(=O)(=O)c2ccccc2)C(C)C(=O)NC2CCCC2)c1. The van der Waals surface area contributed by atoms with Gasteiger partial charge in [-0.3, -0.25) is 13.9 Å². The molecule has 1 saturated carbocycles. The van der Waals surface area contributed by atoms with E-state index in [0.717, 1.165) is 39.1 Å². The summed E-state index contributed by atoms with van der Waals surface area (Å²) in [4.78, 5) is 28.8. The Morgan fingerprint density at radius 1 is 1.00 bits per heavy atom. The van der Waals surface area contributed by atoms with E-state index in [2.05, 4.69) is 27.9 Å². The summed E-state index contributed by atoms with van der Waals surface area (Å²) >= 11 is 2.14. The van der Waals surface area contributed by atoms with E-state index in [1.165, 1.54) is 17.0 Å². The first-order chi connectivity index (χ1) is 19.2. The number of hydrogen-bond donors (Lipinski definition) is 1. The highest BCUT2D eigenvalue weighted by molar-refractivity contribution is 14.1. The quantitative estimate of drug-likeness (QED) is 0.290. The summed E-state index contributed by atoms with van der Waals surface area (Å²) in [5, 5.41) is 3.08. The van der Waals surface area contributed by atoms with Gasteiger partial charge in [0, 0.05) is 16.2 Å². The molecule has 0 bridgehead atoms. The molecule has 212 valence electrons. The van der Waals surface area contributed by atoms with Crippen LogP contribution in [0.2, 0.25) is 0 Å². The first-order valence-electron chi connectivity index (χ1n) is 13.2. The molecule has 1 aliphatic carbocycles. The smallest absolute Gasteiger partial charge is 0.264 e. The minimum atomic E-state index is -4.08. The third-order valence-electron chi connectivity index (χ3n) is 7.08. The number of nitrogens with zero attached hydrogens (tertiary/aromatic N) is 2. The Kier molecular flexibility index (Phi) is 10.1. The maximum atomic E-state index is 14.0. The van der Waals surface area contributed by atoms with Gasteiger partial charge in [-0.25, -0.2) is 8.42 Å². The van der Waals surface area contributed by atoms with Crippen molar-refractivity contribution in [2.75, 3.05) is 18.0 Å². The molecule has 0 aliphatic heterocycles. The minimum absolute atomic E-state index is 0.0766. The van der Waals surface area contributed by atoms with Gasteiger partial charge in [0.25, 0.3) is 10.0 Å². The van der Waals surface area contributed by atoms with Crippen LogP contribution >= 0.6 is 22.6 Å². The lowest BCUT2D eigenvalue weighted by atomic mass is 10.1. The van der Waals surface area contributed by atoms with Crippen molar-refractivity contribution < 1.29 is 22.7 Å². The summed E-state index contributed by atoms with van der Waals surface area (Å²) < 4.78 is 35.0. The van der Waals surface area contributed by atoms with Gasteiger partial charge in [-0.15, -0.1) is 0 Å². The second kappa shape index (κ2) is 13.5. The third kappa shape index (κ3) is 7.34. The third-order valence-corrected chi connectivity index (χ3v) is 9.59. The van der Waals surface area contributed by atoms with E-state index in [1.807, 2.05) is 12.1 Å². The number of sulfonamides is 1. The van der Waals surface area contributed by atoms with Crippen molar-refractivity contribution in [1.29, 1.82) is 0 Å². The predicted octanol–water partition coefficient (Wildman–Crippen LogP) is 4.97. The number of amides is 2. The van der Waals surface area contributed by atoms with E-state index in [4.69, 9.17) is 4.74 Å². The van der Waals surface area contributed by atoms with Gasteiger partial charge in [-0.05, 0) is 96.5 Å². The van der Waals surface area contributed by atoms with Crippen molar-refractivity contribution in [3.63, 3.8) is 0 Å². The van der Waals surface area contributed by atoms with Crippen molar-refractivity contribution in [2.45, 2.75) is 56.1 Å². The van der Waals surface area contributed by atoms with Crippen LogP contribution in [0.4, 0.5) is 5.69 Å². The lowest BCUT2D eigenvalue weighted by molar-refractivity contribution is -0.139. The fourth-order valence-electron chi connectivity index (χ4n) is 4.80. The molecule has 0 heterocycles. The van der Waals surface area contributed by atoms with Crippen LogP contribution in [0.5, 0.6) is 5.75 Å². The maximum Gasteiger partial charge on any atom is 0.264 e. The molecule has 1 unspecified atom stereocenters. The number of hydrogen-bond acceptors (Lipinski definition) is 5. The zero-order valence-electron chi connectivity index (χ0n) is 22.6. The van der Waals surface area contributed by atoms with Gasteiger partial charge in [0.2, 0.25) is 11.8 Å². The zero-order valence-corrected chi connectivity index (χ0v) is 25.6. The molecule has 1 fully saturated rings. The van der Waals surface area contributed by atoms with Crippen molar-refractivity contribution in [3.8, 4) is 5.75 Å². The molecule has 8 nitrogen and oxygen atoms in total. The first kappa shape index (κ1) is 29.9. The van der Waals surface area contributed by atoms with Gasteiger partial charge >= 0.3 is 0 Å². The summed E-state index contributed by atoms with van der Waals surface area (Å²) in [6, 6.07) is 21.5. The van der Waals surface area contributed by atoms with Gasteiger partial charge in [0.05, 0.1) is 17.7 Å². The molecule has 40 heavy (non-hydrogen) atoms. The summed E-state index contributed by atoms with van der Waals surface area (Å²) in [5.41, 5.74) is 1.13. The van der Waals surface area contributed by atoms with Crippen LogP contribution in [0, 0.1) is 3.57 Å². The average Bonchev–Trinajstić information content (AvgIpc) is 3.48. The van der Waals surface area contributed by atoms with E-state index in [-0.39, 0.29) is 23.4 Å². The Hall–Kier alpha value is -3.12. The molecule has 0 radical (unpaired) electrons. The van der Waals surface area contributed by atoms with E-state index in [0.29, 0.717) is 11.4 Å². The van der Waals surface area contributed by atoms with Crippen molar-refractivity contribution >= 4 is 50.1 Å². The summed E-state index contributed by atoms with van der Waals surface area (Å²) in [6.07, 6.45) is 3.96. The number of nitrogens with one attached hydrogen (secondary N) is 1. The van der Waals surface area contributed by atoms with Crippen LogP contribution in [-0.2, 0) is 26.2 Å². The van der Waals surface area contributed by atoms with Crippen LogP contribution < -0.4 is 14.4 Å². The molecule has 1 aliphatic rings. The van der Waals surface area contributed by atoms with Gasteiger partial charge in [-0.2, -0.15) is 0 Å². The van der Waals surface area contributed by atoms with Crippen molar-refractivity contribution in [1.82, 2.24) is 10.2 Å². The molecule has 4 rings (SSSR count). The van der Waals surface area contributed by atoms with Gasteiger partial charge in [-0.1, -0.05) is 43.2 Å². The molecule has 1 N–H and O–H groups in total. The van der Waals surface area contributed by atoms with E-state index >= 15 is 0 Å². The maximum absolute atomic E-state index is 14.0. The molecule has 0 spiro atoms. The number of benzene rings is 3. The standard InChI is InChI=1S/C30H34IN3O5S/c1-22(30(36)32-25-10-6-7-11-25)33(20-23-9-8-12-27(19-23)39-2)29(35)21-34(26-17-15-24(31)16-18-26)40(37,38)28-13-4-3-5-14-28/h3-5,8-9,12-19,22,25H,6-7,10-11,20-21H2,1-2H3,(H,32,36). The Bertz CT molecular complexity index is 1410. The molecular weight excluding hydrogens is 641 g/mol. The van der Waals surface area contributed by atoms with Crippen LogP contribution in [0.1, 0.15) is 38.2 Å². The van der Waals surface area contributed by atoms with Crippen LogP contribution in [-0.4, -0.2) is 50.9 Å². The number of anilines is 1. The number of ether oxygens (including phenoxy) is 1. The van der Waals surface area contributed by atoms with Crippen LogP contribution in [0.25, 0.3) is 0 Å². The second-order valence-electron chi connectivity index (χ2n) is 9.84. The van der Waals surface area contributed by atoms with Gasteiger partial charge < -0.3 is 15.0 Å². The lowest BCUT2D eigenvalue weighted by Gasteiger charge is -2.32. The molecule has 3 aromatic carbocycles. The molecule has 0 aromatic heterocycles. The fourth-order valence-corrected chi connectivity index (χ4v) is 6.59. The van der Waals surface area contributed by atoms with E-state index in [9.17, 15) is 18.0 Å². The highest BCUT2D eigenvalue weighted by Crippen LogP contribution is 2.26. The largest absolute Gasteiger partial charge is 0.497 e.